The first-order chi connectivity index (χ1) is 14.3. The van der Waals surface area contributed by atoms with Gasteiger partial charge in [0.25, 0.3) is 5.91 Å². The minimum atomic E-state index is -4.52. The van der Waals surface area contributed by atoms with Crippen LogP contribution in [0.2, 0.25) is 0 Å². The Bertz CT molecular complexity index is 896. The molecule has 6 nitrogen and oxygen atoms in total. The SMILES string of the molecule is CCOc1ccc(C(=O)Nc2cc(C(F)(F)F)ccc2N2CCOCC2)cc1OC. The molecule has 1 heterocycles. The summed E-state index contributed by atoms with van der Waals surface area (Å²) in [6.07, 6.45) is -4.52. The molecule has 1 aliphatic heterocycles. The first-order valence-corrected chi connectivity index (χ1v) is 9.49. The largest absolute Gasteiger partial charge is 0.493 e. The van der Waals surface area contributed by atoms with Crippen molar-refractivity contribution in [2.45, 2.75) is 13.1 Å². The van der Waals surface area contributed by atoms with E-state index in [9.17, 15) is 18.0 Å². The fourth-order valence-corrected chi connectivity index (χ4v) is 3.17. The lowest BCUT2D eigenvalue weighted by atomic mass is 10.1. The fraction of sp³-hybridized carbons (Fsp3) is 0.381. The van der Waals surface area contributed by atoms with Gasteiger partial charge in [0.15, 0.2) is 11.5 Å². The smallest absolute Gasteiger partial charge is 0.416 e. The summed E-state index contributed by atoms with van der Waals surface area (Å²) in [5.74, 6) is 0.289. The Hall–Kier alpha value is -2.94. The van der Waals surface area contributed by atoms with E-state index in [1.807, 2.05) is 11.8 Å². The second-order valence-corrected chi connectivity index (χ2v) is 6.58. The van der Waals surface area contributed by atoms with Gasteiger partial charge in [-0.05, 0) is 43.3 Å². The number of carbonyl (C=O) groups excluding carboxylic acids is 1. The van der Waals surface area contributed by atoms with E-state index in [1.54, 1.807) is 6.07 Å². The molecule has 9 heteroatoms. The molecule has 1 aliphatic rings. The highest BCUT2D eigenvalue weighted by Gasteiger charge is 2.32. The van der Waals surface area contributed by atoms with Crippen LogP contribution in [-0.4, -0.2) is 45.9 Å². The number of halogens is 3. The van der Waals surface area contributed by atoms with Gasteiger partial charge in [-0.1, -0.05) is 0 Å². The average molecular weight is 424 g/mol. The van der Waals surface area contributed by atoms with Crippen LogP contribution in [0, 0.1) is 0 Å². The van der Waals surface area contributed by atoms with Gasteiger partial charge in [-0.25, -0.2) is 0 Å². The first kappa shape index (κ1) is 21.8. The van der Waals surface area contributed by atoms with Crippen molar-refractivity contribution in [3.8, 4) is 11.5 Å². The molecular weight excluding hydrogens is 401 g/mol. The van der Waals surface area contributed by atoms with Crippen LogP contribution in [0.15, 0.2) is 36.4 Å². The first-order valence-electron chi connectivity index (χ1n) is 9.49. The van der Waals surface area contributed by atoms with Crippen LogP contribution in [0.5, 0.6) is 11.5 Å². The number of hydrogen-bond acceptors (Lipinski definition) is 5. The lowest BCUT2D eigenvalue weighted by Gasteiger charge is -2.31. The summed E-state index contributed by atoms with van der Waals surface area (Å²) in [7, 11) is 1.45. The van der Waals surface area contributed by atoms with Crippen LogP contribution in [0.1, 0.15) is 22.8 Å². The summed E-state index contributed by atoms with van der Waals surface area (Å²) in [6, 6.07) is 7.96. The summed E-state index contributed by atoms with van der Waals surface area (Å²) in [5.41, 5.74) is 0.00172. The van der Waals surface area contributed by atoms with E-state index in [1.165, 1.54) is 25.3 Å². The Morgan fingerprint density at radius 3 is 2.50 bits per heavy atom. The van der Waals surface area contributed by atoms with E-state index in [0.29, 0.717) is 50.1 Å². The second kappa shape index (κ2) is 9.25. The van der Waals surface area contributed by atoms with Gasteiger partial charge < -0.3 is 24.4 Å². The van der Waals surface area contributed by atoms with Crippen molar-refractivity contribution >= 4 is 17.3 Å². The zero-order chi connectivity index (χ0) is 21.7. The van der Waals surface area contributed by atoms with E-state index < -0.39 is 17.6 Å². The monoisotopic (exact) mass is 424 g/mol. The van der Waals surface area contributed by atoms with E-state index in [4.69, 9.17) is 14.2 Å². The maximum Gasteiger partial charge on any atom is 0.416 e. The molecule has 0 aliphatic carbocycles. The van der Waals surface area contributed by atoms with E-state index in [-0.39, 0.29) is 11.3 Å². The molecule has 0 aromatic heterocycles. The lowest BCUT2D eigenvalue weighted by molar-refractivity contribution is -0.137. The van der Waals surface area contributed by atoms with E-state index in [0.717, 1.165) is 12.1 Å². The van der Waals surface area contributed by atoms with Gasteiger partial charge in [0.1, 0.15) is 0 Å². The van der Waals surface area contributed by atoms with E-state index in [2.05, 4.69) is 5.32 Å². The molecule has 0 saturated carbocycles. The number of benzene rings is 2. The predicted molar refractivity (Wildman–Crippen MR) is 107 cm³/mol. The zero-order valence-corrected chi connectivity index (χ0v) is 16.7. The van der Waals surface area contributed by atoms with Gasteiger partial charge in [0.05, 0.1) is 43.9 Å². The molecule has 2 aromatic carbocycles. The molecule has 3 rings (SSSR count). The number of morpholine rings is 1. The van der Waals surface area contributed by atoms with Gasteiger partial charge in [-0.2, -0.15) is 13.2 Å². The summed E-state index contributed by atoms with van der Waals surface area (Å²) in [6.45, 7) is 4.21. The highest BCUT2D eigenvalue weighted by molar-refractivity contribution is 6.06. The number of amides is 1. The third kappa shape index (κ3) is 4.96. The predicted octanol–water partition coefficient (Wildman–Crippen LogP) is 4.20. The normalized spacial score (nSPS) is 14.4. The molecule has 30 heavy (non-hydrogen) atoms. The van der Waals surface area contributed by atoms with Crippen LogP contribution >= 0.6 is 0 Å². The Morgan fingerprint density at radius 1 is 1.13 bits per heavy atom. The Labute approximate surface area is 172 Å². The van der Waals surface area contributed by atoms with E-state index >= 15 is 0 Å². The molecule has 2 aromatic rings. The maximum absolute atomic E-state index is 13.2. The molecule has 0 unspecified atom stereocenters. The number of methoxy groups -OCH3 is 1. The quantitative estimate of drug-likeness (QED) is 0.753. The standard InChI is InChI=1S/C21H23F3N2O4/c1-3-30-18-7-4-14(12-19(18)28-2)20(27)25-16-13-15(21(22,23)24)5-6-17(16)26-8-10-29-11-9-26/h4-7,12-13H,3,8-11H2,1-2H3,(H,25,27). The van der Waals surface area contributed by atoms with Crippen LogP contribution < -0.4 is 19.7 Å². The molecule has 162 valence electrons. The lowest BCUT2D eigenvalue weighted by Crippen LogP contribution is -2.36. The summed E-state index contributed by atoms with van der Waals surface area (Å²) >= 11 is 0. The number of rotatable bonds is 6. The van der Waals surface area contributed by atoms with Gasteiger partial charge in [0.2, 0.25) is 0 Å². The third-order valence-electron chi connectivity index (χ3n) is 4.65. The summed E-state index contributed by atoms with van der Waals surface area (Å²) in [4.78, 5) is 14.7. The third-order valence-corrected chi connectivity index (χ3v) is 4.65. The molecule has 1 fully saturated rings. The number of anilines is 2. The minimum Gasteiger partial charge on any atom is -0.493 e. The van der Waals surface area contributed by atoms with Gasteiger partial charge in [0, 0.05) is 18.7 Å². The fourth-order valence-electron chi connectivity index (χ4n) is 3.17. The van der Waals surface area contributed by atoms with Crippen molar-refractivity contribution in [2.75, 3.05) is 50.2 Å². The highest BCUT2D eigenvalue weighted by Crippen LogP contribution is 2.36. The Kier molecular flexibility index (Phi) is 6.71. The summed E-state index contributed by atoms with van der Waals surface area (Å²) < 4.78 is 55.7. The van der Waals surface area contributed by atoms with Crippen molar-refractivity contribution in [1.29, 1.82) is 0 Å². The van der Waals surface area contributed by atoms with Crippen LogP contribution in [-0.2, 0) is 10.9 Å². The molecule has 1 saturated heterocycles. The second-order valence-electron chi connectivity index (χ2n) is 6.58. The van der Waals surface area contributed by atoms with Gasteiger partial charge >= 0.3 is 6.18 Å². The Balaban J connectivity index is 1.92. The number of carbonyl (C=O) groups is 1. The molecule has 1 N–H and O–H groups in total. The average Bonchev–Trinajstić information content (AvgIpc) is 2.74. The van der Waals surface area contributed by atoms with Crippen LogP contribution in [0.25, 0.3) is 0 Å². The van der Waals surface area contributed by atoms with Crippen molar-refractivity contribution in [1.82, 2.24) is 0 Å². The number of alkyl halides is 3. The van der Waals surface area contributed by atoms with Crippen molar-refractivity contribution < 1.29 is 32.2 Å². The highest BCUT2D eigenvalue weighted by atomic mass is 19.4. The van der Waals surface area contributed by atoms with Crippen LogP contribution in [0.4, 0.5) is 24.5 Å². The molecule has 0 atom stereocenters. The van der Waals surface area contributed by atoms with Crippen molar-refractivity contribution in [3.05, 3.63) is 47.5 Å². The topological polar surface area (TPSA) is 60.0 Å². The van der Waals surface area contributed by atoms with Crippen molar-refractivity contribution in [3.63, 3.8) is 0 Å². The number of nitrogens with one attached hydrogen (secondary N) is 1. The zero-order valence-electron chi connectivity index (χ0n) is 16.7. The molecule has 0 bridgehead atoms. The molecular formula is C21H23F3N2O4. The molecule has 0 radical (unpaired) electrons. The Morgan fingerprint density at radius 2 is 1.87 bits per heavy atom. The number of nitrogens with zero attached hydrogens (tertiary/aromatic N) is 1. The van der Waals surface area contributed by atoms with Gasteiger partial charge in [-0.15, -0.1) is 0 Å². The number of hydrogen-bond donors (Lipinski definition) is 1. The molecule has 1 amide bonds. The molecule has 0 spiro atoms. The summed E-state index contributed by atoms with van der Waals surface area (Å²) in [5, 5.41) is 2.62. The van der Waals surface area contributed by atoms with Crippen molar-refractivity contribution in [2.24, 2.45) is 0 Å². The van der Waals surface area contributed by atoms with Gasteiger partial charge in [-0.3, -0.25) is 4.79 Å². The van der Waals surface area contributed by atoms with Crippen LogP contribution in [0.3, 0.4) is 0 Å². The number of ether oxygens (including phenoxy) is 3. The maximum atomic E-state index is 13.2. The minimum absolute atomic E-state index is 0.0876.